The summed E-state index contributed by atoms with van der Waals surface area (Å²) in [6.07, 6.45) is -4.85. The van der Waals surface area contributed by atoms with E-state index in [0.29, 0.717) is 21.1 Å². The number of amides is 3. The highest BCUT2D eigenvalue weighted by Gasteiger charge is 2.58. The van der Waals surface area contributed by atoms with E-state index >= 15 is 0 Å². The van der Waals surface area contributed by atoms with Gasteiger partial charge in [-0.05, 0) is 54.1 Å². The van der Waals surface area contributed by atoms with Gasteiger partial charge in [0.25, 0.3) is 0 Å². The van der Waals surface area contributed by atoms with Gasteiger partial charge in [0.15, 0.2) is 11.5 Å². The molecule has 2 aliphatic rings. The van der Waals surface area contributed by atoms with Crippen molar-refractivity contribution in [2.45, 2.75) is 28.9 Å². The zero-order chi connectivity index (χ0) is 32.9. The number of thiazole rings is 1. The number of para-hydroxylation sites is 1. The number of alkyl halides is 3. The summed E-state index contributed by atoms with van der Waals surface area (Å²) in [7, 11) is 2.84. The molecule has 238 valence electrons. The van der Waals surface area contributed by atoms with Crippen LogP contribution in [0.25, 0.3) is 0 Å². The third-order valence-electron chi connectivity index (χ3n) is 7.70. The summed E-state index contributed by atoms with van der Waals surface area (Å²) in [4.78, 5) is 54.7. The van der Waals surface area contributed by atoms with Crippen LogP contribution in [0.15, 0.2) is 76.6 Å². The number of hydrogen-bond donors (Lipinski definition) is 1. The van der Waals surface area contributed by atoms with Gasteiger partial charge in [0.05, 0.1) is 36.4 Å². The molecule has 0 unspecified atom stereocenters. The third kappa shape index (κ3) is 5.42. The molecule has 1 saturated heterocycles. The summed E-state index contributed by atoms with van der Waals surface area (Å²) in [6, 6.07) is 14.1. The van der Waals surface area contributed by atoms with Crippen LogP contribution in [0.1, 0.15) is 21.9 Å². The standard InChI is InChI=1S/C31H23F4N3O6S2/c1-43-20-12-7-15(13-21(20)44-2)23-24-25(28(41)38(27(24)40)19-6-4-3-5-18(19)31(33,34)35)45-29-26(23)46-30(42)37(29)14-22(39)36-17-10-8-16(32)9-11-17/h3-13,23-25H,14H2,1-2H3,(H,36,39)/t23-,24-,25+/m0/s1. The lowest BCUT2D eigenvalue weighted by atomic mass is 9.83. The second kappa shape index (κ2) is 11.9. The molecule has 0 radical (unpaired) electrons. The van der Waals surface area contributed by atoms with E-state index < -0.39 is 69.5 Å². The maximum Gasteiger partial charge on any atom is 0.418 e. The summed E-state index contributed by atoms with van der Waals surface area (Å²) in [5.74, 6) is -4.35. The fraction of sp³-hybridized carbons (Fsp3) is 0.226. The molecule has 46 heavy (non-hydrogen) atoms. The molecule has 3 amide bonds. The van der Waals surface area contributed by atoms with E-state index in [9.17, 15) is 36.7 Å². The minimum absolute atomic E-state index is 0.234. The van der Waals surface area contributed by atoms with Crippen molar-refractivity contribution in [2.75, 3.05) is 24.4 Å². The highest BCUT2D eigenvalue weighted by atomic mass is 32.2. The lowest BCUT2D eigenvalue weighted by molar-refractivity contribution is -0.137. The second-order valence-corrected chi connectivity index (χ2v) is 12.5. The average molecular weight is 674 g/mol. The number of fused-ring (bicyclic) bond motifs is 2. The first-order chi connectivity index (χ1) is 21.9. The first kappa shape index (κ1) is 31.4. The Labute approximate surface area is 266 Å². The smallest absolute Gasteiger partial charge is 0.418 e. The van der Waals surface area contributed by atoms with Gasteiger partial charge >= 0.3 is 11.0 Å². The van der Waals surface area contributed by atoms with Crippen LogP contribution >= 0.6 is 23.1 Å². The van der Waals surface area contributed by atoms with E-state index in [1.807, 2.05) is 0 Å². The van der Waals surface area contributed by atoms with E-state index in [1.54, 1.807) is 18.2 Å². The number of hydrogen-bond acceptors (Lipinski definition) is 8. The van der Waals surface area contributed by atoms with Crippen LogP contribution in [0.4, 0.5) is 28.9 Å². The Morgan fingerprint density at radius 1 is 0.935 bits per heavy atom. The van der Waals surface area contributed by atoms with Gasteiger partial charge in [-0.1, -0.05) is 41.3 Å². The maximum absolute atomic E-state index is 14.1. The van der Waals surface area contributed by atoms with Crippen molar-refractivity contribution in [3.8, 4) is 11.5 Å². The van der Waals surface area contributed by atoms with Crippen molar-refractivity contribution in [3.63, 3.8) is 0 Å². The number of methoxy groups -OCH3 is 2. The first-order valence-corrected chi connectivity index (χ1v) is 15.3. The number of rotatable bonds is 7. The fourth-order valence-electron chi connectivity index (χ4n) is 5.68. The topological polar surface area (TPSA) is 107 Å². The number of thioether (sulfide) groups is 1. The van der Waals surface area contributed by atoms with E-state index in [1.165, 1.54) is 38.5 Å². The zero-order valence-electron chi connectivity index (χ0n) is 24.0. The van der Waals surface area contributed by atoms with Crippen LogP contribution in [0.2, 0.25) is 0 Å². The molecule has 9 nitrogen and oxygen atoms in total. The lowest BCUT2D eigenvalue weighted by Gasteiger charge is -2.31. The summed E-state index contributed by atoms with van der Waals surface area (Å²) in [6.45, 7) is -0.478. The van der Waals surface area contributed by atoms with Gasteiger partial charge in [0.1, 0.15) is 17.6 Å². The number of nitrogens with zero attached hydrogens (tertiary/aromatic N) is 2. The van der Waals surface area contributed by atoms with E-state index in [2.05, 4.69) is 5.32 Å². The number of carbonyl (C=O) groups excluding carboxylic acids is 3. The molecule has 3 atom stereocenters. The van der Waals surface area contributed by atoms with Crippen LogP contribution < -0.4 is 24.6 Å². The Morgan fingerprint density at radius 3 is 2.30 bits per heavy atom. The molecule has 15 heteroatoms. The van der Waals surface area contributed by atoms with Crippen molar-refractivity contribution in [1.82, 2.24) is 4.57 Å². The van der Waals surface area contributed by atoms with Gasteiger partial charge in [-0.3, -0.25) is 23.7 Å². The van der Waals surface area contributed by atoms with Gasteiger partial charge in [0, 0.05) is 16.5 Å². The number of anilines is 2. The largest absolute Gasteiger partial charge is 0.493 e. The zero-order valence-corrected chi connectivity index (χ0v) is 25.6. The molecule has 0 spiro atoms. The molecule has 3 heterocycles. The molecule has 1 fully saturated rings. The third-order valence-corrected chi connectivity index (χ3v) is 10.3. The number of benzene rings is 3. The van der Waals surface area contributed by atoms with E-state index in [4.69, 9.17) is 9.47 Å². The molecule has 6 rings (SSSR count). The normalized spacial score (nSPS) is 19.1. The molecule has 0 saturated carbocycles. The molecule has 0 aliphatic carbocycles. The van der Waals surface area contributed by atoms with Crippen molar-refractivity contribution in [2.24, 2.45) is 5.92 Å². The fourth-order valence-corrected chi connectivity index (χ4v) is 8.46. The van der Waals surface area contributed by atoms with Crippen LogP contribution in [0, 0.1) is 11.7 Å². The molecule has 1 aromatic heterocycles. The Balaban J connectivity index is 1.46. The quantitative estimate of drug-likeness (QED) is 0.204. The van der Waals surface area contributed by atoms with Gasteiger partial charge in [-0.25, -0.2) is 9.29 Å². The first-order valence-electron chi connectivity index (χ1n) is 13.6. The van der Waals surface area contributed by atoms with Crippen LogP contribution in [-0.4, -0.2) is 41.8 Å². The maximum atomic E-state index is 14.1. The summed E-state index contributed by atoms with van der Waals surface area (Å²) in [5.41, 5.74) is -1.00. The Hall–Kier alpha value is -4.63. The Bertz CT molecular complexity index is 1920. The van der Waals surface area contributed by atoms with Gasteiger partial charge in [-0.2, -0.15) is 13.2 Å². The number of halogens is 4. The van der Waals surface area contributed by atoms with Crippen LogP contribution in [0.5, 0.6) is 11.5 Å². The molecule has 4 aromatic rings. The number of nitrogens with one attached hydrogen (secondary N) is 1. The van der Waals surface area contributed by atoms with E-state index in [0.717, 1.165) is 51.9 Å². The molecule has 0 bridgehead atoms. The van der Waals surface area contributed by atoms with E-state index in [-0.39, 0.29) is 16.5 Å². The number of imide groups is 1. The summed E-state index contributed by atoms with van der Waals surface area (Å²) in [5, 5.41) is 1.60. The summed E-state index contributed by atoms with van der Waals surface area (Å²) >= 11 is 1.63. The van der Waals surface area contributed by atoms with Gasteiger partial charge in [-0.15, -0.1) is 0 Å². The summed E-state index contributed by atoms with van der Waals surface area (Å²) < 4.78 is 67.3. The van der Waals surface area contributed by atoms with Gasteiger partial charge < -0.3 is 14.8 Å². The highest BCUT2D eigenvalue weighted by Crippen LogP contribution is 2.55. The highest BCUT2D eigenvalue weighted by molar-refractivity contribution is 8.00. The lowest BCUT2D eigenvalue weighted by Crippen LogP contribution is -2.33. The minimum Gasteiger partial charge on any atom is -0.493 e. The average Bonchev–Trinajstić information content (AvgIpc) is 3.47. The van der Waals surface area contributed by atoms with Crippen LogP contribution in [-0.2, 0) is 27.1 Å². The van der Waals surface area contributed by atoms with Crippen LogP contribution in [0.3, 0.4) is 0 Å². The molecular formula is C31H23F4N3O6S2. The van der Waals surface area contributed by atoms with Crippen molar-refractivity contribution < 1.29 is 41.4 Å². The number of ether oxygens (including phenoxy) is 2. The second-order valence-electron chi connectivity index (χ2n) is 10.4. The van der Waals surface area contributed by atoms with Crippen molar-refractivity contribution in [1.29, 1.82) is 0 Å². The number of carbonyl (C=O) groups is 3. The predicted octanol–water partition coefficient (Wildman–Crippen LogP) is 5.52. The van der Waals surface area contributed by atoms with Crippen molar-refractivity contribution >= 4 is 52.2 Å². The predicted molar refractivity (Wildman–Crippen MR) is 162 cm³/mol. The SMILES string of the molecule is COc1ccc([C@@H]2c3sc(=O)n(CC(=O)Nc4ccc(F)cc4)c3S[C@H]3C(=O)N(c4ccccc4C(F)(F)F)C(=O)[C@@H]23)cc1OC. The Kier molecular flexibility index (Phi) is 8.14. The molecular weight excluding hydrogens is 650 g/mol. The van der Waals surface area contributed by atoms with Crippen molar-refractivity contribution in [3.05, 3.63) is 98.2 Å². The Morgan fingerprint density at radius 2 is 1.63 bits per heavy atom. The molecule has 3 aromatic carbocycles. The molecule has 2 aliphatic heterocycles. The monoisotopic (exact) mass is 673 g/mol. The number of aromatic nitrogens is 1. The molecule has 1 N–H and O–H groups in total. The van der Waals surface area contributed by atoms with Gasteiger partial charge in [0.2, 0.25) is 17.7 Å². The minimum atomic E-state index is -4.85.